The number of halogens is 2. The lowest BCUT2D eigenvalue weighted by Crippen LogP contribution is -2.36. The Bertz CT molecular complexity index is 487. The van der Waals surface area contributed by atoms with Gasteiger partial charge in [0.1, 0.15) is 6.61 Å². The zero-order chi connectivity index (χ0) is 15.3. The fourth-order valence-corrected chi connectivity index (χ4v) is 2.35. The van der Waals surface area contributed by atoms with E-state index in [0.717, 1.165) is 5.69 Å². The number of carbonyl (C=O) groups excluding carboxylic acids is 1. The van der Waals surface area contributed by atoms with Crippen LogP contribution < -0.4 is 11.1 Å². The molecule has 2 rings (SSSR count). The molecule has 0 spiro atoms. The van der Waals surface area contributed by atoms with Gasteiger partial charge in [0.05, 0.1) is 11.4 Å². The third kappa shape index (κ3) is 5.26. The fraction of sp³-hybridized carbons (Fsp3) is 0.571. The molecule has 1 saturated carbocycles. The zero-order valence-electron chi connectivity index (χ0n) is 11.6. The van der Waals surface area contributed by atoms with Crippen molar-refractivity contribution in [1.29, 1.82) is 0 Å². The molecule has 0 saturated heterocycles. The lowest BCUT2D eigenvalue weighted by molar-refractivity contribution is -0.0405. The van der Waals surface area contributed by atoms with Crippen LogP contribution in [0.4, 0.5) is 13.6 Å². The minimum absolute atomic E-state index is 0.0266. The lowest BCUT2D eigenvalue weighted by atomic mass is 9.92. The Kier molecular flexibility index (Phi) is 5.06. The number of nitrogens with one attached hydrogen (secondary N) is 1. The van der Waals surface area contributed by atoms with Gasteiger partial charge in [-0.1, -0.05) is 6.07 Å². The molecular formula is C14H19F2N3O2. The summed E-state index contributed by atoms with van der Waals surface area (Å²) in [6.07, 6.45) is -0.0344. The average Bonchev–Trinajstić information content (AvgIpc) is 2.44. The van der Waals surface area contributed by atoms with Gasteiger partial charge in [0.15, 0.2) is 0 Å². The smallest absolute Gasteiger partial charge is 0.404 e. The molecule has 0 aromatic carbocycles. The summed E-state index contributed by atoms with van der Waals surface area (Å²) in [6, 6.07) is 5.46. The predicted molar refractivity (Wildman–Crippen MR) is 72.7 cm³/mol. The van der Waals surface area contributed by atoms with Crippen LogP contribution in [0.2, 0.25) is 0 Å². The summed E-state index contributed by atoms with van der Waals surface area (Å²) in [5.41, 5.74) is 6.27. The third-order valence-corrected chi connectivity index (χ3v) is 3.52. The number of aromatic nitrogens is 1. The van der Waals surface area contributed by atoms with Gasteiger partial charge in [-0.05, 0) is 25.0 Å². The number of amides is 1. The van der Waals surface area contributed by atoms with Gasteiger partial charge >= 0.3 is 6.09 Å². The van der Waals surface area contributed by atoms with E-state index in [4.69, 9.17) is 5.73 Å². The fourth-order valence-electron chi connectivity index (χ4n) is 2.35. The highest BCUT2D eigenvalue weighted by molar-refractivity contribution is 5.64. The topological polar surface area (TPSA) is 77.2 Å². The van der Waals surface area contributed by atoms with Crippen LogP contribution in [0.15, 0.2) is 18.2 Å². The van der Waals surface area contributed by atoms with Gasteiger partial charge in [0.25, 0.3) is 0 Å². The highest BCUT2D eigenvalue weighted by Gasteiger charge is 2.34. The maximum atomic E-state index is 13.1. The number of ether oxygens (including phenoxy) is 1. The summed E-state index contributed by atoms with van der Waals surface area (Å²) in [5, 5.41) is 3.24. The second-order valence-electron chi connectivity index (χ2n) is 5.24. The summed E-state index contributed by atoms with van der Waals surface area (Å²) in [4.78, 5) is 14.9. The number of primary amides is 1. The Labute approximate surface area is 121 Å². The normalized spacial score (nSPS) is 18.4. The Morgan fingerprint density at radius 2 is 2.05 bits per heavy atom. The highest BCUT2D eigenvalue weighted by Crippen LogP contribution is 2.33. The van der Waals surface area contributed by atoms with E-state index in [0.29, 0.717) is 25.1 Å². The minimum Gasteiger partial charge on any atom is -0.443 e. The molecule has 7 heteroatoms. The molecule has 1 amide bonds. The molecule has 5 nitrogen and oxygen atoms in total. The molecule has 0 atom stereocenters. The first kappa shape index (κ1) is 15.6. The molecule has 0 bridgehead atoms. The van der Waals surface area contributed by atoms with Gasteiger partial charge in [0.2, 0.25) is 5.92 Å². The molecule has 1 aromatic heterocycles. The zero-order valence-corrected chi connectivity index (χ0v) is 11.6. The highest BCUT2D eigenvalue weighted by atomic mass is 19.3. The van der Waals surface area contributed by atoms with Gasteiger partial charge in [-0.25, -0.2) is 13.6 Å². The molecule has 1 aliphatic rings. The van der Waals surface area contributed by atoms with Gasteiger partial charge < -0.3 is 15.8 Å². The Morgan fingerprint density at radius 3 is 2.71 bits per heavy atom. The largest absolute Gasteiger partial charge is 0.443 e. The van der Waals surface area contributed by atoms with Gasteiger partial charge in [0, 0.05) is 25.4 Å². The summed E-state index contributed by atoms with van der Waals surface area (Å²) >= 11 is 0. The van der Waals surface area contributed by atoms with Crippen molar-refractivity contribution in [2.24, 2.45) is 5.73 Å². The second kappa shape index (κ2) is 6.80. The summed E-state index contributed by atoms with van der Waals surface area (Å²) in [5.74, 6) is -2.51. The van der Waals surface area contributed by atoms with Crippen LogP contribution in [-0.4, -0.2) is 23.0 Å². The van der Waals surface area contributed by atoms with E-state index in [1.807, 2.05) is 6.07 Å². The Hall–Kier alpha value is -1.76. The van der Waals surface area contributed by atoms with Crippen molar-refractivity contribution in [3.05, 3.63) is 29.6 Å². The van der Waals surface area contributed by atoms with Crippen LogP contribution in [0.25, 0.3) is 0 Å². The molecule has 116 valence electrons. The van der Waals surface area contributed by atoms with Crippen LogP contribution in [0.3, 0.4) is 0 Å². The number of hydrogen-bond donors (Lipinski definition) is 2. The lowest BCUT2D eigenvalue weighted by Gasteiger charge is -2.28. The number of hydrogen-bond acceptors (Lipinski definition) is 4. The summed E-state index contributed by atoms with van der Waals surface area (Å²) in [7, 11) is 0. The van der Waals surface area contributed by atoms with E-state index >= 15 is 0 Å². The molecule has 3 N–H and O–H groups in total. The van der Waals surface area contributed by atoms with Crippen molar-refractivity contribution >= 4 is 6.09 Å². The minimum atomic E-state index is -2.51. The number of alkyl halides is 2. The molecular weight excluding hydrogens is 280 g/mol. The van der Waals surface area contributed by atoms with Gasteiger partial charge in [-0.3, -0.25) is 4.98 Å². The van der Waals surface area contributed by atoms with Gasteiger partial charge in [-0.15, -0.1) is 0 Å². The van der Waals surface area contributed by atoms with Gasteiger partial charge in [-0.2, -0.15) is 0 Å². The van der Waals surface area contributed by atoms with E-state index in [9.17, 15) is 13.6 Å². The maximum absolute atomic E-state index is 13.1. The molecule has 0 radical (unpaired) electrons. The van der Waals surface area contributed by atoms with Crippen molar-refractivity contribution in [3.63, 3.8) is 0 Å². The number of pyridine rings is 1. The van der Waals surface area contributed by atoms with Crippen LogP contribution in [0, 0.1) is 0 Å². The Morgan fingerprint density at radius 1 is 1.38 bits per heavy atom. The molecule has 0 unspecified atom stereocenters. The average molecular weight is 299 g/mol. The van der Waals surface area contributed by atoms with E-state index in [1.165, 1.54) is 0 Å². The van der Waals surface area contributed by atoms with Crippen molar-refractivity contribution in [2.45, 2.75) is 50.8 Å². The quantitative estimate of drug-likeness (QED) is 0.875. The van der Waals surface area contributed by atoms with Crippen LogP contribution >= 0.6 is 0 Å². The number of nitrogens with zero attached hydrogens (tertiary/aromatic N) is 1. The standard InChI is InChI=1S/C14H19F2N3O2/c15-14(16)6-4-10(5-7-14)18-8-11-2-1-3-12(19-11)9-21-13(17)20/h1-3,10,18H,4-9H2,(H2,17,20). The molecule has 1 aromatic rings. The molecule has 1 fully saturated rings. The third-order valence-electron chi connectivity index (χ3n) is 3.52. The number of carbonyl (C=O) groups is 1. The van der Waals surface area contributed by atoms with E-state index in [2.05, 4.69) is 15.0 Å². The Balaban J connectivity index is 1.80. The van der Waals surface area contributed by atoms with Crippen LogP contribution in [0.5, 0.6) is 0 Å². The number of rotatable bonds is 5. The van der Waals surface area contributed by atoms with Crippen molar-refractivity contribution in [1.82, 2.24) is 10.3 Å². The van der Waals surface area contributed by atoms with Crippen LogP contribution in [0.1, 0.15) is 37.1 Å². The monoisotopic (exact) mass is 299 g/mol. The van der Waals surface area contributed by atoms with E-state index < -0.39 is 12.0 Å². The van der Waals surface area contributed by atoms with E-state index in [1.54, 1.807) is 12.1 Å². The second-order valence-corrected chi connectivity index (χ2v) is 5.24. The SMILES string of the molecule is NC(=O)OCc1cccc(CNC2CCC(F)(F)CC2)n1. The van der Waals surface area contributed by atoms with Crippen molar-refractivity contribution in [2.75, 3.05) is 0 Å². The molecule has 21 heavy (non-hydrogen) atoms. The summed E-state index contributed by atoms with van der Waals surface area (Å²) < 4.78 is 30.8. The maximum Gasteiger partial charge on any atom is 0.404 e. The van der Waals surface area contributed by atoms with Crippen molar-refractivity contribution in [3.8, 4) is 0 Å². The van der Waals surface area contributed by atoms with Crippen LogP contribution in [-0.2, 0) is 17.9 Å². The molecule has 1 aliphatic carbocycles. The molecule has 0 aliphatic heterocycles. The van der Waals surface area contributed by atoms with Crippen molar-refractivity contribution < 1.29 is 18.3 Å². The first-order valence-electron chi connectivity index (χ1n) is 6.93. The molecule has 1 heterocycles. The predicted octanol–water partition coefficient (Wildman–Crippen LogP) is 2.34. The summed E-state index contributed by atoms with van der Waals surface area (Å²) in [6.45, 7) is 0.527. The first-order valence-corrected chi connectivity index (χ1v) is 6.93. The van der Waals surface area contributed by atoms with E-state index in [-0.39, 0.29) is 25.5 Å². The number of nitrogens with two attached hydrogens (primary N) is 1. The first-order chi connectivity index (χ1) is 9.94.